The molecule has 0 saturated carbocycles. The molecule has 0 fully saturated rings. The zero-order valence-corrected chi connectivity index (χ0v) is 17.4. The number of carbonyl (C=O) groups is 1. The van der Waals surface area contributed by atoms with Gasteiger partial charge in [-0.1, -0.05) is 38.0 Å². The number of hydrogen-bond donors (Lipinski definition) is 0. The number of nitrogens with zero attached hydrogens (tertiary/aromatic N) is 1. The summed E-state index contributed by atoms with van der Waals surface area (Å²) in [6.07, 6.45) is 4.90. The highest BCUT2D eigenvalue weighted by Gasteiger charge is 2.12. The van der Waals surface area contributed by atoms with Crippen LogP contribution in [-0.4, -0.2) is 24.2 Å². The van der Waals surface area contributed by atoms with Crippen LogP contribution in [0.15, 0.2) is 51.8 Å². The van der Waals surface area contributed by atoms with Gasteiger partial charge in [0.1, 0.15) is 11.3 Å². The summed E-state index contributed by atoms with van der Waals surface area (Å²) in [5.41, 5.74) is 4.57. The first kappa shape index (κ1) is 19.6. The summed E-state index contributed by atoms with van der Waals surface area (Å²) >= 11 is 1.21. The third-order valence-electron chi connectivity index (χ3n) is 4.69. The highest BCUT2D eigenvalue weighted by atomic mass is 32.2. The fourth-order valence-corrected chi connectivity index (χ4v) is 3.82. The first-order valence-corrected chi connectivity index (χ1v) is 10.3. The molecule has 3 rings (SSSR count). The van der Waals surface area contributed by atoms with Gasteiger partial charge in [-0.05, 0) is 66.9 Å². The van der Waals surface area contributed by atoms with Crippen LogP contribution in [-0.2, 0) is 6.42 Å². The van der Waals surface area contributed by atoms with Gasteiger partial charge in [-0.15, -0.1) is 0 Å². The zero-order valence-electron chi connectivity index (χ0n) is 16.5. The maximum atomic E-state index is 11.9. The fraction of sp³-hybridized carbons (Fsp3) is 0.348. The quantitative estimate of drug-likeness (QED) is 0.343. The van der Waals surface area contributed by atoms with E-state index in [0.29, 0.717) is 0 Å². The summed E-state index contributed by atoms with van der Waals surface area (Å²) in [5, 5.41) is 1.06. The molecule has 0 N–H and O–H groups in total. The van der Waals surface area contributed by atoms with Crippen molar-refractivity contribution in [2.75, 3.05) is 14.1 Å². The molecule has 0 aliphatic heterocycles. The summed E-state index contributed by atoms with van der Waals surface area (Å²) < 4.78 is 6.12. The molecule has 1 heterocycles. The Labute approximate surface area is 165 Å². The number of carbonyl (C=O) groups excluding carboxylic acids is 1. The first-order valence-electron chi connectivity index (χ1n) is 9.50. The molecular weight excluding hydrogens is 354 g/mol. The summed E-state index contributed by atoms with van der Waals surface area (Å²) in [5.74, 6) is 0.878. The lowest BCUT2D eigenvalue weighted by Crippen LogP contribution is -2.15. The van der Waals surface area contributed by atoms with Crippen LogP contribution in [0.4, 0.5) is 4.79 Å². The molecule has 0 saturated heterocycles. The number of aryl methyl sites for hydroxylation is 2. The van der Waals surface area contributed by atoms with Crippen molar-refractivity contribution in [2.24, 2.45) is 0 Å². The molecule has 3 nitrogen and oxygen atoms in total. The second kappa shape index (κ2) is 8.66. The Bertz CT molecular complexity index is 943. The van der Waals surface area contributed by atoms with Crippen LogP contribution in [0.5, 0.6) is 0 Å². The lowest BCUT2D eigenvalue weighted by Gasteiger charge is -2.08. The van der Waals surface area contributed by atoms with E-state index in [1.54, 1.807) is 19.0 Å². The van der Waals surface area contributed by atoms with Crippen LogP contribution in [0.3, 0.4) is 0 Å². The van der Waals surface area contributed by atoms with Crippen molar-refractivity contribution in [2.45, 2.75) is 44.4 Å². The van der Waals surface area contributed by atoms with Crippen LogP contribution in [0.1, 0.15) is 37.3 Å². The molecule has 0 aliphatic carbocycles. The standard InChI is InChI=1S/C23H27NO2S/c1-5-6-7-8-17-9-12-20(16(2)13-17)22-14-18-10-11-19(15-21(18)26-22)27-23(25)24(3)4/h9-15H,5-8H2,1-4H3. The van der Waals surface area contributed by atoms with Crippen molar-refractivity contribution in [3.8, 4) is 11.3 Å². The molecule has 1 aromatic heterocycles. The van der Waals surface area contributed by atoms with E-state index in [4.69, 9.17) is 4.42 Å². The molecule has 0 unspecified atom stereocenters. The van der Waals surface area contributed by atoms with Gasteiger partial charge in [0.15, 0.2) is 0 Å². The van der Waals surface area contributed by atoms with E-state index in [9.17, 15) is 4.79 Å². The molecule has 0 radical (unpaired) electrons. The van der Waals surface area contributed by atoms with Gasteiger partial charge in [0.2, 0.25) is 0 Å². The second-order valence-corrected chi connectivity index (χ2v) is 8.20. The maximum Gasteiger partial charge on any atom is 0.285 e. The largest absolute Gasteiger partial charge is 0.456 e. The molecule has 0 atom stereocenters. The minimum atomic E-state index is 0.00985. The number of hydrogen-bond acceptors (Lipinski definition) is 3. The van der Waals surface area contributed by atoms with Gasteiger partial charge < -0.3 is 9.32 Å². The number of unbranched alkanes of at least 4 members (excludes halogenated alkanes) is 2. The van der Waals surface area contributed by atoms with Gasteiger partial charge in [-0.2, -0.15) is 0 Å². The van der Waals surface area contributed by atoms with E-state index in [1.165, 1.54) is 42.2 Å². The van der Waals surface area contributed by atoms with E-state index < -0.39 is 0 Å². The first-order chi connectivity index (χ1) is 13.0. The highest BCUT2D eigenvalue weighted by Crippen LogP contribution is 2.33. The number of fused-ring (bicyclic) bond motifs is 1. The molecule has 0 bridgehead atoms. The monoisotopic (exact) mass is 381 g/mol. The van der Waals surface area contributed by atoms with Crippen molar-refractivity contribution < 1.29 is 9.21 Å². The Hall–Kier alpha value is -2.20. The highest BCUT2D eigenvalue weighted by molar-refractivity contribution is 8.13. The molecule has 1 amide bonds. The van der Waals surface area contributed by atoms with Crippen LogP contribution in [0.25, 0.3) is 22.3 Å². The van der Waals surface area contributed by atoms with Gasteiger partial charge in [0.05, 0.1) is 0 Å². The Morgan fingerprint density at radius 2 is 1.89 bits per heavy atom. The average molecular weight is 382 g/mol. The van der Waals surface area contributed by atoms with Gasteiger partial charge in [0, 0.05) is 29.9 Å². The fourth-order valence-electron chi connectivity index (χ4n) is 3.14. The van der Waals surface area contributed by atoms with E-state index in [0.717, 1.165) is 33.6 Å². The molecule has 3 aromatic rings. The van der Waals surface area contributed by atoms with Crippen LogP contribution >= 0.6 is 11.8 Å². The third kappa shape index (κ3) is 4.75. The number of furan rings is 1. The molecular formula is C23H27NO2S. The molecule has 0 spiro atoms. The predicted octanol–water partition coefficient (Wildman–Crippen LogP) is 6.91. The minimum Gasteiger partial charge on any atom is -0.456 e. The van der Waals surface area contributed by atoms with Crippen LogP contribution < -0.4 is 0 Å². The van der Waals surface area contributed by atoms with Gasteiger partial charge in [-0.3, -0.25) is 4.79 Å². The second-order valence-electron chi connectivity index (χ2n) is 7.18. The molecule has 142 valence electrons. The molecule has 4 heteroatoms. The molecule has 2 aromatic carbocycles. The summed E-state index contributed by atoms with van der Waals surface area (Å²) in [6, 6.07) is 14.7. The number of thioether (sulfide) groups is 1. The summed E-state index contributed by atoms with van der Waals surface area (Å²) in [7, 11) is 3.51. The maximum absolute atomic E-state index is 11.9. The minimum absolute atomic E-state index is 0.00985. The van der Waals surface area contributed by atoms with Crippen molar-refractivity contribution >= 4 is 28.0 Å². The van der Waals surface area contributed by atoms with Gasteiger partial charge >= 0.3 is 0 Å². The van der Waals surface area contributed by atoms with Gasteiger partial charge in [-0.25, -0.2) is 0 Å². The van der Waals surface area contributed by atoms with Gasteiger partial charge in [0.25, 0.3) is 5.24 Å². The lowest BCUT2D eigenvalue weighted by molar-refractivity contribution is 0.241. The van der Waals surface area contributed by atoms with Crippen molar-refractivity contribution in [1.29, 1.82) is 0 Å². The number of amides is 1. The molecule has 0 aliphatic rings. The Balaban J connectivity index is 1.83. The van der Waals surface area contributed by atoms with E-state index in [-0.39, 0.29) is 5.24 Å². The molecule has 27 heavy (non-hydrogen) atoms. The van der Waals surface area contributed by atoms with E-state index in [2.05, 4.69) is 38.1 Å². The Kier molecular flexibility index (Phi) is 6.27. The zero-order chi connectivity index (χ0) is 19.4. The topological polar surface area (TPSA) is 33.5 Å². The van der Waals surface area contributed by atoms with Crippen molar-refractivity contribution in [3.63, 3.8) is 0 Å². The predicted molar refractivity (Wildman–Crippen MR) is 115 cm³/mol. The Morgan fingerprint density at radius 3 is 2.59 bits per heavy atom. The smallest absolute Gasteiger partial charge is 0.285 e. The average Bonchev–Trinajstić information content (AvgIpc) is 3.05. The number of rotatable bonds is 6. The lowest BCUT2D eigenvalue weighted by atomic mass is 10.00. The van der Waals surface area contributed by atoms with Crippen molar-refractivity contribution in [1.82, 2.24) is 4.90 Å². The van der Waals surface area contributed by atoms with Crippen LogP contribution in [0, 0.1) is 6.92 Å². The van der Waals surface area contributed by atoms with Crippen molar-refractivity contribution in [3.05, 3.63) is 53.6 Å². The normalized spacial score (nSPS) is 11.1. The third-order valence-corrected chi connectivity index (χ3v) is 5.72. The van der Waals surface area contributed by atoms with E-state index in [1.807, 2.05) is 18.2 Å². The number of benzene rings is 2. The summed E-state index contributed by atoms with van der Waals surface area (Å²) in [4.78, 5) is 14.4. The summed E-state index contributed by atoms with van der Waals surface area (Å²) in [6.45, 7) is 4.37. The van der Waals surface area contributed by atoms with E-state index >= 15 is 0 Å². The Morgan fingerprint density at radius 1 is 1.07 bits per heavy atom. The SMILES string of the molecule is CCCCCc1ccc(-c2cc3ccc(SC(=O)N(C)C)cc3o2)c(C)c1. The van der Waals surface area contributed by atoms with Crippen LogP contribution in [0.2, 0.25) is 0 Å².